The number of fused-ring (bicyclic) bond motifs is 1. The van der Waals surface area contributed by atoms with E-state index in [1.165, 1.54) is 28.9 Å². The smallest absolute Gasteiger partial charge is 0.543 e. The number of β-lactam (4-membered cyclic amide) rings is 1. The van der Waals surface area contributed by atoms with E-state index in [1.807, 2.05) is 60.7 Å². The Kier molecular flexibility index (Phi) is 11.5. The molecule has 2 atom stereocenters. The van der Waals surface area contributed by atoms with E-state index in [-0.39, 0.29) is 51.8 Å². The van der Waals surface area contributed by atoms with Crippen LogP contribution < -0.4 is 45.7 Å². The summed E-state index contributed by atoms with van der Waals surface area (Å²) in [6.45, 7) is -0.627. The van der Waals surface area contributed by atoms with Gasteiger partial charge >= 0.3 is 35.5 Å². The normalized spacial score (nSPS) is 17.7. The number of anilines is 1. The first kappa shape index (κ1) is 33.6. The van der Waals surface area contributed by atoms with Gasteiger partial charge in [-0.05, 0) is 17.4 Å². The second kappa shape index (κ2) is 15.1. The third-order valence-corrected chi connectivity index (χ3v) is 9.40. The predicted octanol–water partition coefficient (Wildman–Crippen LogP) is -1.49. The largest absolute Gasteiger partial charge is 1.00 e. The number of thiazole rings is 1. The first-order chi connectivity index (χ1) is 20.8. The van der Waals surface area contributed by atoms with E-state index in [1.54, 1.807) is 6.26 Å². The Labute approximate surface area is 286 Å². The minimum atomic E-state index is -1.46. The summed E-state index contributed by atoms with van der Waals surface area (Å²) in [5.41, 5.74) is 6.81. The number of amides is 2. The van der Waals surface area contributed by atoms with Gasteiger partial charge in [0.1, 0.15) is 17.1 Å². The second-order valence-electron chi connectivity index (χ2n) is 9.10. The van der Waals surface area contributed by atoms with Crippen LogP contribution >= 0.6 is 34.9 Å². The van der Waals surface area contributed by atoms with Crippen LogP contribution in [0.25, 0.3) is 0 Å². The van der Waals surface area contributed by atoms with Crippen molar-refractivity contribution >= 4 is 69.5 Å². The molecular formula is C28H24N5NaO7S3. The van der Waals surface area contributed by atoms with Gasteiger partial charge in [0.25, 0.3) is 11.8 Å². The third-order valence-electron chi connectivity index (χ3n) is 6.43. The molecule has 1 fully saturated rings. The number of aromatic nitrogens is 1. The number of hydrogen-bond acceptors (Lipinski definition) is 13. The quantitative estimate of drug-likeness (QED) is 0.0805. The van der Waals surface area contributed by atoms with E-state index in [0.29, 0.717) is 10.7 Å². The van der Waals surface area contributed by atoms with Gasteiger partial charge in [0.2, 0.25) is 6.61 Å². The van der Waals surface area contributed by atoms with E-state index in [2.05, 4.69) is 15.5 Å². The van der Waals surface area contributed by atoms with E-state index >= 15 is 0 Å². The Morgan fingerprint density at radius 3 is 2.34 bits per heavy atom. The fraction of sp³-hybridized carbons (Fsp3) is 0.214. The summed E-state index contributed by atoms with van der Waals surface area (Å²) in [5.74, 6) is -3.29. The Morgan fingerprint density at radius 2 is 1.80 bits per heavy atom. The van der Waals surface area contributed by atoms with Crippen LogP contribution in [0.15, 0.2) is 81.8 Å². The number of nitrogens with one attached hydrogen (secondary N) is 1. The average Bonchev–Trinajstić information content (AvgIpc) is 3.46. The number of carboxylic acids is 1. The van der Waals surface area contributed by atoms with Crippen LogP contribution in [0, 0.1) is 0 Å². The minimum absolute atomic E-state index is 0. The van der Waals surface area contributed by atoms with Crippen LogP contribution in [0.2, 0.25) is 0 Å². The molecule has 3 aromatic rings. The van der Waals surface area contributed by atoms with Crippen molar-refractivity contribution in [1.82, 2.24) is 15.2 Å². The van der Waals surface area contributed by atoms with Crippen molar-refractivity contribution in [2.24, 2.45) is 5.16 Å². The van der Waals surface area contributed by atoms with Crippen molar-refractivity contribution in [2.75, 3.05) is 24.3 Å². The van der Waals surface area contributed by atoms with Crippen LogP contribution in [0.3, 0.4) is 0 Å². The van der Waals surface area contributed by atoms with Crippen LogP contribution in [-0.2, 0) is 28.8 Å². The number of carbonyl (C=O) groups is 4. The summed E-state index contributed by atoms with van der Waals surface area (Å²) in [7, 11) is 0. The fourth-order valence-electron chi connectivity index (χ4n) is 4.45. The molecule has 0 bridgehead atoms. The topological polar surface area (TPSA) is 176 Å². The van der Waals surface area contributed by atoms with Crippen LogP contribution in [0.4, 0.5) is 5.13 Å². The van der Waals surface area contributed by atoms with Gasteiger partial charge < -0.3 is 30.5 Å². The molecule has 3 heterocycles. The predicted molar refractivity (Wildman–Crippen MR) is 160 cm³/mol. The van der Waals surface area contributed by atoms with Gasteiger partial charge in [-0.1, -0.05) is 65.8 Å². The summed E-state index contributed by atoms with van der Waals surface area (Å²) in [6.07, 6.45) is 1.01. The van der Waals surface area contributed by atoms with Gasteiger partial charge in [-0.2, -0.15) is 0 Å². The van der Waals surface area contributed by atoms with Crippen molar-refractivity contribution < 1.29 is 63.4 Å². The number of nitrogen functional groups attached to an aromatic ring is 1. The molecule has 0 saturated carbocycles. The van der Waals surface area contributed by atoms with E-state index in [0.717, 1.165) is 27.4 Å². The second-order valence-corrected chi connectivity index (χ2v) is 12.0. The number of benzene rings is 2. The van der Waals surface area contributed by atoms with E-state index in [9.17, 15) is 24.3 Å². The molecule has 16 heteroatoms. The Hall–Kier alpha value is -3.34. The molecule has 1 aromatic heterocycles. The van der Waals surface area contributed by atoms with Crippen LogP contribution in [0.5, 0.6) is 0 Å². The number of carboxylic acid groups (broad SMARTS) is 1. The minimum Gasteiger partial charge on any atom is -0.543 e. The molecule has 2 amide bonds. The monoisotopic (exact) mass is 661 g/mol. The molecule has 12 nitrogen and oxygen atoms in total. The molecule has 2 aromatic carbocycles. The maximum absolute atomic E-state index is 13.3. The van der Waals surface area contributed by atoms with Gasteiger partial charge in [0.05, 0.1) is 11.7 Å². The molecule has 2 aliphatic heterocycles. The summed E-state index contributed by atoms with van der Waals surface area (Å²) in [4.78, 5) is 61.7. The van der Waals surface area contributed by atoms with Gasteiger partial charge in [-0.15, -0.1) is 34.9 Å². The fourth-order valence-corrected chi connectivity index (χ4v) is 7.24. The number of carbonyl (C=O) groups excluding carboxylic acids is 4. The number of rotatable bonds is 11. The zero-order chi connectivity index (χ0) is 30.5. The number of oxime groups is 1. The Morgan fingerprint density at radius 1 is 1.16 bits per heavy atom. The van der Waals surface area contributed by atoms with Gasteiger partial charge in [0, 0.05) is 16.0 Å². The van der Waals surface area contributed by atoms with Gasteiger partial charge in [-0.3, -0.25) is 14.5 Å². The molecule has 3 N–H and O–H groups in total. The van der Waals surface area contributed by atoms with Crippen molar-refractivity contribution in [1.29, 1.82) is 0 Å². The Balaban J connectivity index is 0.00000442. The van der Waals surface area contributed by atoms with E-state index < -0.39 is 47.9 Å². The zero-order valence-corrected chi connectivity index (χ0v) is 27.9. The molecule has 5 rings (SSSR count). The van der Waals surface area contributed by atoms with Crippen molar-refractivity contribution in [3.63, 3.8) is 0 Å². The van der Waals surface area contributed by atoms with Crippen LogP contribution in [-0.4, -0.2) is 69.4 Å². The first-order valence-electron chi connectivity index (χ1n) is 12.7. The van der Waals surface area contributed by atoms with Crippen molar-refractivity contribution in [3.8, 4) is 0 Å². The molecular weight excluding hydrogens is 638 g/mol. The molecule has 0 aliphatic carbocycles. The molecule has 1 saturated heterocycles. The maximum atomic E-state index is 13.3. The molecule has 44 heavy (non-hydrogen) atoms. The van der Waals surface area contributed by atoms with Crippen molar-refractivity contribution in [3.05, 3.63) is 93.5 Å². The summed E-state index contributed by atoms with van der Waals surface area (Å²) >= 11 is 3.59. The standard InChI is InChI=1S/C28H25N5O7S3.Na/c1-41-18-14-42-26-21(25(36)33(26)22(18)27(37)38)31-24(35)20(17-13-43-28(29)30-17)32-39-12-19(34)40-23(15-8-4-2-5-9-15)16-10-6-3-7-11-16;/h2-11,13,21,23,26H,12,14H2,1H3,(H2,29,30)(H,31,35)(H,37,38);/q;+1/p-1/b32-20+;. The van der Waals surface area contributed by atoms with Gasteiger partial charge in [-0.25, -0.2) is 9.78 Å². The summed E-state index contributed by atoms with van der Waals surface area (Å²) in [6, 6.07) is 17.3. The molecule has 0 radical (unpaired) electrons. The Bertz CT molecular complexity index is 1560. The average molecular weight is 662 g/mol. The molecule has 0 spiro atoms. The number of nitrogens with zero attached hydrogens (tertiary/aromatic N) is 3. The number of aliphatic carboxylic acids is 1. The number of ether oxygens (including phenoxy) is 1. The van der Waals surface area contributed by atoms with Crippen molar-refractivity contribution in [2.45, 2.75) is 17.5 Å². The number of thioether (sulfide) groups is 2. The first-order valence-corrected chi connectivity index (χ1v) is 15.9. The van der Waals surface area contributed by atoms with Gasteiger partial charge in [0.15, 0.2) is 16.9 Å². The zero-order valence-electron chi connectivity index (χ0n) is 23.5. The number of hydrogen-bond donors (Lipinski definition) is 2. The SMILES string of the molecule is CSC1=C(C(=O)[O-])N2C(=O)C(NC(=O)/C(=N/OCC(=O)OC(c3ccccc3)c3ccccc3)c3csc(N)n3)C2SC1.[Na+]. The third kappa shape index (κ3) is 7.30. The molecule has 222 valence electrons. The van der Waals surface area contributed by atoms with E-state index in [4.69, 9.17) is 15.3 Å². The molecule has 2 unspecified atom stereocenters. The molecule has 2 aliphatic rings. The van der Waals surface area contributed by atoms with Crippen LogP contribution in [0.1, 0.15) is 22.9 Å². The number of nitrogens with two attached hydrogens (primary N) is 1. The summed E-state index contributed by atoms with van der Waals surface area (Å²) in [5, 5.41) is 19.1. The maximum Gasteiger partial charge on any atom is 1.00 e. The summed E-state index contributed by atoms with van der Waals surface area (Å²) < 4.78 is 5.71. The number of esters is 1.